The quantitative estimate of drug-likeness (QED) is 0.319. The van der Waals surface area contributed by atoms with Crippen LogP contribution in [0.4, 0.5) is 20.3 Å². The minimum atomic E-state index is -4.43. The molecule has 0 bridgehead atoms. The summed E-state index contributed by atoms with van der Waals surface area (Å²) in [5.41, 5.74) is 0.483. The summed E-state index contributed by atoms with van der Waals surface area (Å²) in [6.07, 6.45) is 3.82. The third-order valence-corrected chi connectivity index (χ3v) is 11.5. The maximum absolute atomic E-state index is 14.5. The third-order valence-electron chi connectivity index (χ3n) is 7.63. The topological polar surface area (TPSA) is 97.5 Å². The largest absolute Gasteiger partial charge is 0.367 e. The Kier molecular flexibility index (Phi) is 6.20. The molecule has 0 atom stereocenters. The van der Waals surface area contributed by atoms with E-state index >= 15 is 0 Å². The minimum absolute atomic E-state index is 0.0168. The second kappa shape index (κ2) is 9.18. The molecule has 40 heavy (non-hydrogen) atoms. The Bertz CT molecular complexity index is 1850. The first-order valence-corrected chi connectivity index (χ1v) is 16.0. The van der Waals surface area contributed by atoms with E-state index in [1.54, 1.807) is 12.1 Å². The van der Waals surface area contributed by atoms with Gasteiger partial charge < -0.3 is 9.80 Å². The number of nitrogens with zero attached hydrogens (tertiary/aromatic N) is 5. The summed E-state index contributed by atoms with van der Waals surface area (Å²) in [7, 11) is -8.23. The normalized spacial score (nSPS) is 17.4. The second-order valence-corrected chi connectivity index (χ2v) is 15.1. The second-order valence-electron chi connectivity index (χ2n) is 10.5. The maximum atomic E-state index is 14.5. The van der Waals surface area contributed by atoms with Gasteiger partial charge in [0.05, 0.1) is 26.7 Å². The highest BCUT2D eigenvalue weighted by Crippen LogP contribution is 2.49. The Hall–Kier alpha value is -3.16. The van der Waals surface area contributed by atoms with Crippen LogP contribution >= 0.6 is 11.6 Å². The van der Waals surface area contributed by atoms with Crippen LogP contribution in [0, 0.1) is 11.6 Å². The van der Waals surface area contributed by atoms with Crippen molar-refractivity contribution in [2.75, 3.05) is 29.4 Å². The highest BCUT2D eigenvalue weighted by molar-refractivity contribution is 7.91. The number of halogens is 3. The van der Waals surface area contributed by atoms with Gasteiger partial charge in [-0.2, -0.15) is 12.5 Å². The molecule has 4 aromatic rings. The molecule has 2 aromatic heterocycles. The van der Waals surface area contributed by atoms with E-state index in [9.17, 15) is 25.6 Å². The molecule has 0 radical (unpaired) electrons. The van der Waals surface area contributed by atoms with Gasteiger partial charge in [-0.15, -0.1) is 5.10 Å². The van der Waals surface area contributed by atoms with Crippen LogP contribution in [0.2, 0.25) is 5.02 Å². The summed E-state index contributed by atoms with van der Waals surface area (Å²) >= 11 is 6.50. The molecule has 1 saturated heterocycles. The third kappa shape index (κ3) is 4.25. The van der Waals surface area contributed by atoms with Crippen LogP contribution in [0.5, 0.6) is 0 Å². The van der Waals surface area contributed by atoms with Crippen LogP contribution in [0.15, 0.2) is 59.8 Å². The number of hydrogen-bond acceptors (Lipinski definition) is 7. The lowest BCUT2D eigenvalue weighted by Gasteiger charge is -2.43. The van der Waals surface area contributed by atoms with Gasteiger partial charge in [-0.25, -0.2) is 17.2 Å². The van der Waals surface area contributed by atoms with Gasteiger partial charge in [0.25, 0.3) is 10.0 Å². The number of rotatable bonds is 6. The monoisotopic (exact) mass is 609 g/mol. The number of benzene rings is 2. The van der Waals surface area contributed by atoms with Crippen molar-refractivity contribution < 1.29 is 25.6 Å². The Balaban J connectivity index is 1.43. The van der Waals surface area contributed by atoms with Crippen LogP contribution in [0.3, 0.4) is 0 Å². The van der Waals surface area contributed by atoms with Gasteiger partial charge in [0.2, 0.25) is 10.0 Å². The molecule has 1 saturated carbocycles. The van der Waals surface area contributed by atoms with Crippen molar-refractivity contribution in [2.24, 2.45) is 0 Å². The number of anilines is 2. The predicted molar refractivity (Wildman–Crippen MR) is 149 cm³/mol. The van der Waals surface area contributed by atoms with E-state index < -0.39 is 31.1 Å². The van der Waals surface area contributed by atoms with E-state index in [4.69, 9.17) is 11.6 Å². The van der Waals surface area contributed by atoms with Crippen molar-refractivity contribution in [1.82, 2.24) is 13.2 Å². The lowest BCUT2D eigenvalue weighted by atomic mass is 10.1. The van der Waals surface area contributed by atoms with Gasteiger partial charge in [-0.3, -0.25) is 3.97 Å². The molecule has 2 fully saturated rings. The fraction of sp³-hybridized carbons (Fsp3) is 0.346. The maximum Gasteiger partial charge on any atom is 0.285 e. The van der Waals surface area contributed by atoms with E-state index in [2.05, 4.69) is 10.00 Å². The molecule has 9 nitrogen and oxygen atoms in total. The zero-order valence-electron chi connectivity index (χ0n) is 21.6. The van der Waals surface area contributed by atoms with Crippen LogP contribution in [0.1, 0.15) is 26.7 Å². The van der Waals surface area contributed by atoms with E-state index in [1.165, 1.54) is 32.0 Å². The average molecular weight is 610 g/mol. The van der Waals surface area contributed by atoms with E-state index in [1.807, 2.05) is 4.90 Å². The van der Waals surface area contributed by atoms with Crippen molar-refractivity contribution in [3.63, 3.8) is 0 Å². The van der Waals surface area contributed by atoms with Crippen molar-refractivity contribution in [3.8, 4) is 0 Å². The SMILES string of the molecule is CC(C)S(=O)(=O)n1ccc(S(=O)(=O)n2nc(N3CCN(c4ccc(F)cc4)CC34CC4)c3c(Cl)cc(F)cc32)c1. The van der Waals surface area contributed by atoms with Crippen molar-refractivity contribution in [1.29, 1.82) is 0 Å². The molecule has 0 N–H and O–H groups in total. The van der Waals surface area contributed by atoms with Crippen molar-refractivity contribution in [3.05, 3.63) is 71.5 Å². The molecule has 212 valence electrons. The first kappa shape index (κ1) is 27.0. The Morgan fingerprint density at radius 2 is 1.68 bits per heavy atom. The number of aromatic nitrogens is 3. The zero-order chi connectivity index (χ0) is 28.6. The Morgan fingerprint density at radius 1 is 0.975 bits per heavy atom. The van der Waals surface area contributed by atoms with Crippen LogP contribution in [-0.2, 0) is 20.0 Å². The molecular weight excluding hydrogens is 584 g/mol. The molecule has 0 amide bonds. The lowest BCUT2D eigenvalue weighted by molar-refractivity contribution is 0.504. The van der Waals surface area contributed by atoms with E-state index in [0.29, 0.717) is 30.8 Å². The summed E-state index contributed by atoms with van der Waals surface area (Å²) < 4.78 is 82.4. The summed E-state index contributed by atoms with van der Waals surface area (Å²) in [5, 5.41) is 4.03. The zero-order valence-corrected chi connectivity index (χ0v) is 24.0. The molecule has 6 rings (SSSR count). The van der Waals surface area contributed by atoms with Gasteiger partial charge in [0, 0.05) is 43.8 Å². The predicted octanol–water partition coefficient (Wildman–Crippen LogP) is 4.45. The van der Waals surface area contributed by atoms with Crippen molar-refractivity contribution >= 4 is 54.1 Å². The van der Waals surface area contributed by atoms with Crippen molar-refractivity contribution in [2.45, 2.75) is 42.4 Å². The first-order chi connectivity index (χ1) is 18.8. The fourth-order valence-electron chi connectivity index (χ4n) is 5.26. The highest BCUT2D eigenvalue weighted by Gasteiger charge is 2.53. The van der Waals surface area contributed by atoms with Crippen LogP contribution < -0.4 is 9.80 Å². The molecular formula is C26H26ClF2N5O4S2. The first-order valence-electron chi connectivity index (χ1n) is 12.7. The molecule has 14 heteroatoms. The fourth-order valence-corrected chi connectivity index (χ4v) is 7.86. The molecule has 1 aliphatic carbocycles. The minimum Gasteiger partial charge on any atom is -0.367 e. The summed E-state index contributed by atoms with van der Waals surface area (Å²) in [6, 6.07) is 9.63. The highest BCUT2D eigenvalue weighted by atomic mass is 35.5. The van der Waals surface area contributed by atoms with Gasteiger partial charge in [-0.05, 0) is 63.1 Å². The average Bonchev–Trinajstić information content (AvgIpc) is 3.29. The standard InChI is InChI=1S/C26H26ClF2N5O4S2/c1-17(2)39(35,36)32-10-7-21(15-32)40(37,38)34-23-14-19(29)13-22(27)24(23)25(30-34)33-12-11-31(16-26(33)8-9-26)20-5-3-18(28)4-6-20/h3-7,10,13-15,17H,8-9,11-12,16H2,1-2H3. The number of hydrogen-bond donors (Lipinski definition) is 0. The summed E-state index contributed by atoms with van der Waals surface area (Å²) in [6.45, 7) is 4.62. The summed E-state index contributed by atoms with van der Waals surface area (Å²) in [5.74, 6) is -0.738. The molecule has 1 aliphatic heterocycles. The summed E-state index contributed by atoms with van der Waals surface area (Å²) in [4.78, 5) is 3.87. The Morgan fingerprint density at radius 3 is 2.33 bits per heavy atom. The van der Waals surface area contributed by atoms with Gasteiger partial charge in [-0.1, -0.05) is 11.6 Å². The number of fused-ring (bicyclic) bond motifs is 1. The molecule has 0 unspecified atom stereocenters. The van der Waals surface area contributed by atoms with Crippen LogP contribution in [0.25, 0.3) is 10.9 Å². The van der Waals surface area contributed by atoms with Gasteiger partial charge >= 0.3 is 0 Å². The Labute approximate surface area is 235 Å². The number of piperazine rings is 1. The smallest absolute Gasteiger partial charge is 0.285 e. The van der Waals surface area contributed by atoms with Gasteiger partial charge in [0.1, 0.15) is 16.5 Å². The lowest BCUT2D eigenvalue weighted by Crippen LogP contribution is -2.55. The molecule has 1 spiro atoms. The van der Waals surface area contributed by atoms with E-state index in [0.717, 1.165) is 51.1 Å². The van der Waals surface area contributed by atoms with Gasteiger partial charge in [0.15, 0.2) is 5.82 Å². The molecule has 2 aliphatic rings. The van der Waals surface area contributed by atoms with E-state index in [-0.39, 0.29) is 26.8 Å². The molecule has 3 heterocycles. The molecule has 2 aromatic carbocycles. The van der Waals surface area contributed by atoms with Crippen LogP contribution in [-0.4, -0.2) is 60.4 Å².